The summed E-state index contributed by atoms with van der Waals surface area (Å²) < 4.78 is 8.04. The van der Waals surface area contributed by atoms with Gasteiger partial charge < -0.3 is 10.1 Å². The molecule has 6 nitrogen and oxygen atoms in total. The molecule has 2 heterocycles. The van der Waals surface area contributed by atoms with Crippen molar-refractivity contribution >= 4 is 51.2 Å². The van der Waals surface area contributed by atoms with Crippen LogP contribution in [0.5, 0.6) is 0 Å². The van der Waals surface area contributed by atoms with Gasteiger partial charge >= 0.3 is 5.97 Å². The van der Waals surface area contributed by atoms with Crippen LogP contribution in [0.25, 0.3) is 0 Å². The molecular weight excluding hydrogens is 500 g/mol. The summed E-state index contributed by atoms with van der Waals surface area (Å²) >= 11 is 11.2. The topological polar surface area (TPSA) is 69.0 Å². The highest BCUT2D eigenvalue weighted by molar-refractivity contribution is 9.10. The summed E-state index contributed by atoms with van der Waals surface area (Å²) in [7, 11) is 0. The predicted molar refractivity (Wildman–Crippen MR) is 126 cm³/mol. The maximum absolute atomic E-state index is 12.8. The van der Waals surface area contributed by atoms with Crippen LogP contribution in [0, 0.1) is 0 Å². The number of hydrogen-bond acceptors (Lipinski definition) is 6. The molecule has 1 N–H and O–H groups in total. The Labute approximate surface area is 198 Å². The maximum atomic E-state index is 12.8. The number of anilines is 1. The van der Waals surface area contributed by atoms with E-state index in [4.69, 9.17) is 21.4 Å². The first-order chi connectivity index (χ1) is 15.0. The Morgan fingerprint density at radius 3 is 2.71 bits per heavy atom. The lowest BCUT2D eigenvalue weighted by molar-refractivity contribution is -0.139. The standard InChI is InChI=1S/C22H20BrClN4O2S/c1-3-30-20(29)18-13(2)25-21-26-22(31-12-15-6-4-5-7-17(15)24)27-28(21)19(18)14-8-10-16(23)11-9-14/h4-11,19H,3,12H2,1-2H3,(H,25,26,27)/t19-/m0/s1. The molecule has 0 radical (unpaired) electrons. The van der Waals surface area contributed by atoms with E-state index >= 15 is 0 Å². The van der Waals surface area contributed by atoms with Gasteiger partial charge in [0, 0.05) is 20.9 Å². The summed E-state index contributed by atoms with van der Waals surface area (Å²) in [6, 6.07) is 15.1. The average Bonchev–Trinajstić information content (AvgIpc) is 3.15. The van der Waals surface area contributed by atoms with Gasteiger partial charge in [0.2, 0.25) is 11.1 Å². The molecule has 1 aliphatic heterocycles. The van der Waals surface area contributed by atoms with Crippen LogP contribution in [-0.4, -0.2) is 27.3 Å². The quantitative estimate of drug-likeness (QED) is 0.326. The smallest absolute Gasteiger partial charge is 0.338 e. The molecular formula is C22H20BrClN4O2S. The Hall–Kier alpha value is -2.29. The zero-order valence-corrected chi connectivity index (χ0v) is 20.1. The van der Waals surface area contributed by atoms with Crippen molar-refractivity contribution in [2.75, 3.05) is 11.9 Å². The minimum Gasteiger partial charge on any atom is -0.463 e. The van der Waals surface area contributed by atoms with Gasteiger partial charge in [-0.05, 0) is 43.2 Å². The summed E-state index contributed by atoms with van der Waals surface area (Å²) in [4.78, 5) is 17.5. The maximum Gasteiger partial charge on any atom is 0.338 e. The van der Waals surface area contributed by atoms with Crippen molar-refractivity contribution < 1.29 is 9.53 Å². The third-order valence-corrected chi connectivity index (χ3v) is 6.61. The molecule has 9 heteroatoms. The van der Waals surface area contributed by atoms with Crippen LogP contribution in [0.1, 0.15) is 31.0 Å². The summed E-state index contributed by atoms with van der Waals surface area (Å²) in [5, 5.41) is 9.24. The van der Waals surface area contributed by atoms with Gasteiger partial charge in [-0.25, -0.2) is 9.48 Å². The number of hydrogen-bond donors (Lipinski definition) is 1. The lowest BCUT2D eigenvalue weighted by Crippen LogP contribution is -2.29. The fourth-order valence-corrected chi connectivity index (χ4v) is 4.76. The van der Waals surface area contributed by atoms with Crippen LogP contribution in [0.3, 0.4) is 0 Å². The zero-order chi connectivity index (χ0) is 22.0. The number of aromatic nitrogens is 3. The van der Waals surface area contributed by atoms with Crippen LogP contribution in [-0.2, 0) is 15.3 Å². The molecule has 0 unspecified atom stereocenters. The number of rotatable bonds is 6. The van der Waals surface area contributed by atoms with E-state index in [2.05, 4.69) is 26.2 Å². The van der Waals surface area contributed by atoms with Crippen molar-refractivity contribution in [3.63, 3.8) is 0 Å². The Balaban J connectivity index is 1.70. The van der Waals surface area contributed by atoms with E-state index in [0.717, 1.165) is 15.6 Å². The SMILES string of the molecule is CCOC(=O)C1=C(C)Nc2nc(SCc3ccccc3Cl)nn2[C@H]1c1ccc(Br)cc1. The average molecular weight is 520 g/mol. The number of benzene rings is 2. The molecule has 0 bridgehead atoms. The molecule has 0 aliphatic carbocycles. The second-order valence-electron chi connectivity index (χ2n) is 6.88. The van der Waals surface area contributed by atoms with E-state index in [1.165, 1.54) is 11.8 Å². The Kier molecular flexibility index (Phi) is 6.69. The highest BCUT2D eigenvalue weighted by Crippen LogP contribution is 2.37. The third kappa shape index (κ3) is 4.66. The normalized spacial score (nSPS) is 15.4. The second kappa shape index (κ2) is 9.46. The van der Waals surface area contributed by atoms with Gasteiger partial charge in [0.25, 0.3) is 0 Å². The molecule has 1 atom stereocenters. The largest absolute Gasteiger partial charge is 0.463 e. The van der Waals surface area contributed by atoms with Gasteiger partial charge in [-0.2, -0.15) is 4.98 Å². The van der Waals surface area contributed by atoms with Gasteiger partial charge in [0.05, 0.1) is 12.2 Å². The van der Waals surface area contributed by atoms with Gasteiger partial charge in [-0.15, -0.1) is 5.10 Å². The predicted octanol–water partition coefficient (Wildman–Crippen LogP) is 5.84. The number of allylic oxidation sites excluding steroid dienone is 1. The van der Waals surface area contributed by atoms with E-state index in [1.54, 1.807) is 11.6 Å². The molecule has 1 aliphatic rings. The fourth-order valence-electron chi connectivity index (χ4n) is 3.38. The molecule has 0 amide bonds. The van der Waals surface area contributed by atoms with Crippen LogP contribution in [0.4, 0.5) is 5.95 Å². The minimum absolute atomic E-state index is 0.297. The Bertz CT molecular complexity index is 1150. The van der Waals surface area contributed by atoms with Crippen molar-refractivity contribution in [3.05, 3.63) is 80.4 Å². The summed E-state index contributed by atoms with van der Waals surface area (Å²) in [6.07, 6.45) is 0. The highest BCUT2D eigenvalue weighted by Gasteiger charge is 2.35. The summed E-state index contributed by atoms with van der Waals surface area (Å²) in [5.41, 5.74) is 3.15. The van der Waals surface area contributed by atoms with Gasteiger partial charge in [-0.1, -0.05) is 69.6 Å². The minimum atomic E-state index is -0.439. The molecule has 1 aromatic heterocycles. The van der Waals surface area contributed by atoms with E-state index in [-0.39, 0.29) is 5.97 Å². The molecule has 0 saturated carbocycles. The lowest BCUT2D eigenvalue weighted by atomic mass is 9.96. The first kappa shape index (κ1) is 21.9. The van der Waals surface area contributed by atoms with Crippen molar-refractivity contribution in [1.82, 2.24) is 14.8 Å². The van der Waals surface area contributed by atoms with Crippen molar-refractivity contribution in [2.24, 2.45) is 0 Å². The number of nitrogens with zero attached hydrogens (tertiary/aromatic N) is 3. The molecule has 0 spiro atoms. The molecule has 0 saturated heterocycles. The van der Waals surface area contributed by atoms with Gasteiger partial charge in [-0.3, -0.25) is 0 Å². The summed E-state index contributed by atoms with van der Waals surface area (Å²) in [6.45, 7) is 3.95. The van der Waals surface area contributed by atoms with Crippen LogP contribution in [0.2, 0.25) is 5.02 Å². The van der Waals surface area contributed by atoms with E-state index in [9.17, 15) is 4.79 Å². The number of ether oxygens (including phenoxy) is 1. The lowest BCUT2D eigenvalue weighted by Gasteiger charge is -2.28. The zero-order valence-electron chi connectivity index (χ0n) is 16.9. The summed E-state index contributed by atoms with van der Waals surface area (Å²) in [5.74, 6) is 0.857. The van der Waals surface area contributed by atoms with Crippen molar-refractivity contribution in [2.45, 2.75) is 30.8 Å². The Morgan fingerprint density at radius 2 is 2.00 bits per heavy atom. The molecule has 31 heavy (non-hydrogen) atoms. The van der Waals surface area contributed by atoms with Crippen LogP contribution >= 0.6 is 39.3 Å². The van der Waals surface area contributed by atoms with Gasteiger partial charge in [0.1, 0.15) is 6.04 Å². The number of thioether (sulfide) groups is 1. The number of fused-ring (bicyclic) bond motifs is 1. The number of nitrogens with one attached hydrogen (secondary N) is 1. The molecule has 4 rings (SSSR count). The number of carbonyl (C=O) groups excluding carboxylic acids is 1. The van der Waals surface area contributed by atoms with Crippen molar-refractivity contribution in [3.8, 4) is 0 Å². The number of halogens is 2. The van der Waals surface area contributed by atoms with Crippen molar-refractivity contribution in [1.29, 1.82) is 0 Å². The number of esters is 1. The fraction of sp³-hybridized carbons (Fsp3) is 0.227. The van der Waals surface area contributed by atoms with E-state index in [0.29, 0.717) is 39.8 Å². The molecule has 3 aromatic rings. The molecule has 0 fully saturated rings. The monoisotopic (exact) mass is 518 g/mol. The molecule has 2 aromatic carbocycles. The van der Waals surface area contributed by atoms with Crippen LogP contribution < -0.4 is 5.32 Å². The highest BCUT2D eigenvalue weighted by atomic mass is 79.9. The third-order valence-electron chi connectivity index (χ3n) is 4.83. The molecule has 160 valence electrons. The number of carbonyl (C=O) groups is 1. The first-order valence-electron chi connectivity index (χ1n) is 9.71. The van der Waals surface area contributed by atoms with E-state index in [1.807, 2.05) is 55.5 Å². The second-order valence-corrected chi connectivity index (χ2v) is 9.15. The Morgan fingerprint density at radius 1 is 1.26 bits per heavy atom. The van der Waals surface area contributed by atoms with Crippen LogP contribution in [0.15, 0.2) is 69.4 Å². The van der Waals surface area contributed by atoms with E-state index < -0.39 is 6.04 Å². The first-order valence-corrected chi connectivity index (χ1v) is 11.9. The van der Waals surface area contributed by atoms with Gasteiger partial charge in [0.15, 0.2) is 0 Å².